The van der Waals surface area contributed by atoms with Gasteiger partial charge in [0.15, 0.2) is 0 Å². The first-order valence-electron chi connectivity index (χ1n) is 8.76. The van der Waals surface area contributed by atoms with Gasteiger partial charge in [-0.05, 0) is 31.9 Å². The molecule has 2 amide bonds. The Morgan fingerprint density at radius 3 is 2.73 bits per heavy atom. The Labute approximate surface area is 152 Å². The molecule has 0 bridgehead atoms. The maximum atomic E-state index is 13.5. The quantitative estimate of drug-likeness (QED) is 0.692. The number of aromatic nitrogens is 2. The van der Waals surface area contributed by atoms with E-state index in [1.165, 1.54) is 25.0 Å². The van der Waals surface area contributed by atoms with Crippen LogP contribution < -0.4 is 20.9 Å². The lowest BCUT2D eigenvalue weighted by molar-refractivity contribution is 0.252. The Morgan fingerprint density at radius 1 is 1.19 bits per heavy atom. The standard InChI is InChI=1S/C18H23FN6O/c1-13-22-16(12-17(23-13)25-10-4-5-11-25)20-8-9-21-18(26)24-15-7-3-2-6-14(15)19/h2-3,6-7,12H,4-5,8-11H2,1H3,(H,20,22,23)(H2,21,24,26). The van der Waals surface area contributed by atoms with Gasteiger partial charge in [-0.2, -0.15) is 0 Å². The van der Waals surface area contributed by atoms with E-state index in [4.69, 9.17) is 0 Å². The summed E-state index contributed by atoms with van der Waals surface area (Å²) in [4.78, 5) is 22.9. The zero-order chi connectivity index (χ0) is 18.4. The van der Waals surface area contributed by atoms with Gasteiger partial charge in [0.1, 0.15) is 23.3 Å². The molecule has 2 heterocycles. The number of hydrogen-bond acceptors (Lipinski definition) is 5. The molecule has 3 rings (SSSR count). The summed E-state index contributed by atoms with van der Waals surface area (Å²) in [6.45, 7) is 4.79. The van der Waals surface area contributed by atoms with E-state index in [1.807, 2.05) is 13.0 Å². The van der Waals surface area contributed by atoms with Gasteiger partial charge in [-0.25, -0.2) is 19.2 Å². The second-order valence-corrected chi connectivity index (χ2v) is 6.14. The molecule has 1 fully saturated rings. The van der Waals surface area contributed by atoms with E-state index in [0.29, 0.717) is 18.9 Å². The van der Waals surface area contributed by atoms with Crippen molar-refractivity contribution in [1.82, 2.24) is 15.3 Å². The summed E-state index contributed by atoms with van der Waals surface area (Å²) >= 11 is 0. The number of amides is 2. The van der Waals surface area contributed by atoms with E-state index in [9.17, 15) is 9.18 Å². The smallest absolute Gasteiger partial charge is 0.319 e. The SMILES string of the molecule is Cc1nc(NCCNC(=O)Nc2ccccc2F)cc(N2CCCC2)n1. The highest BCUT2D eigenvalue weighted by molar-refractivity contribution is 5.89. The van der Waals surface area contributed by atoms with Crippen LogP contribution in [0.15, 0.2) is 30.3 Å². The number of nitrogens with one attached hydrogen (secondary N) is 3. The molecule has 0 aliphatic carbocycles. The predicted octanol–water partition coefficient (Wildman–Crippen LogP) is 2.76. The van der Waals surface area contributed by atoms with Gasteiger partial charge in [0.2, 0.25) is 0 Å². The van der Waals surface area contributed by atoms with Gasteiger partial charge in [-0.15, -0.1) is 0 Å². The van der Waals surface area contributed by atoms with Crippen molar-refractivity contribution in [3.8, 4) is 0 Å². The van der Waals surface area contributed by atoms with Gasteiger partial charge in [-0.1, -0.05) is 12.1 Å². The van der Waals surface area contributed by atoms with Gasteiger partial charge in [-0.3, -0.25) is 0 Å². The summed E-state index contributed by atoms with van der Waals surface area (Å²) < 4.78 is 13.5. The number of urea groups is 1. The van der Waals surface area contributed by atoms with Crippen LogP contribution in [0, 0.1) is 12.7 Å². The molecule has 0 saturated carbocycles. The molecular formula is C18H23FN6O. The lowest BCUT2D eigenvalue weighted by Gasteiger charge is -2.17. The zero-order valence-corrected chi connectivity index (χ0v) is 14.8. The van der Waals surface area contributed by atoms with E-state index in [0.717, 1.165) is 24.7 Å². The second-order valence-electron chi connectivity index (χ2n) is 6.14. The van der Waals surface area contributed by atoms with Crippen LogP contribution in [0.1, 0.15) is 18.7 Å². The maximum absolute atomic E-state index is 13.5. The molecule has 0 spiro atoms. The Hall–Kier alpha value is -2.90. The molecule has 1 saturated heterocycles. The number of carbonyl (C=O) groups excluding carboxylic acids is 1. The van der Waals surface area contributed by atoms with Crippen molar-refractivity contribution < 1.29 is 9.18 Å². The van der Waals surface area contributed by atoms with Crippen molar-refractivity contribution >= 4 is 23.4 Å². The summed E-state index contributed by atoms with van der Waals surface area (Å²) in [5.41, 5.74) is 0.152. The fourth-order valence-electron chi connectivity index (χ4n) is 2.85. The Kier molecular flexibility index (Phi) is 5.83. The first-order chi connectivity index (χ1) is 12.6. The fourth-order valence-corrected chi connectivity index (χ4v) is 2.85. The van der Waals surface area contributed by atoms with Crippen LogP contribution >= 0.6 is 0 Å². The first kappa shape index (κ1) is 17.9. The minimum Gasteiger partial charge on any atom is -0.368 e. The average molecular weight is 358 g/mol. The summed E-state index contributed by atoms with van der Waals surface area (Å²) in [6, 6.07) is 7.52. The number of benzene rings is 1. The third kappa shape index (κ3) is 4.81. The van der Waals surface area contributed by atoms with E-state index >= 15 is 0 Å². The number of aryl methyl sites for hydroxylation is 1. The molecule has 1 aromatic carbocycles. The number of halogens is 1. The number of para-hydroxylation sites is 1. The molecule has 1 aliphatic heterocycles. The largest absolute Gasteiger partial charge is 0.368 e. The van der Waals surface area contributed by atoms with Crippen LogP contribution in [-0.4, -0.2) is 42.2 Å². The molecule has 0 unspecified atom stereocenters. The highest BCUT2D eigenvalue weighted by atomic mass is 19.1. The molecule has 0 atom stereocenters. The van der Waals surface area contributed by atoms with Crippen LogP contribution in [0.25, 0.3) is 0 Å². The summed E-state index contributed by atoms with van der Waals surface area (Å²) in [5.74, 6) is 1.91. The molecule has 1 aliphatic rings. The van der Waals surface area contributed by atoms with Crippen LogP contribution in [0.2, 0.25) is 0 Å². The van der Waals surface area contributed by atoms with Crippen molar-refractivity contribution in [3.63, 3.8) is 0 Å². The Morgan fingerprint density at radius 2 is 1.96 bits per heavy atom. The molecule has 0 radical (unpaired) electrons. The summed E-state index contributed by atoms with van der Waals surface area (Å²) in [7, 11) is 0. The molecule has 26 heavy (non-hydrogen) atoms. The van der Waals surface area contributed by atoms with E-state index in [1.54, 1.807) is 12.1 Å². The normalized spacial score (nSPS) is 13.5. The van der Waals surface area contributed by atoms with Crippen LogP contribution in [0.5, 0.6) is 0 Å². The van der Waals surface area contributed by atoms with Gasteiger partial charge >= 0.3 is 6.03 Å². The summed E-state index contributed by atoms with van der Waals surface area (Å²) in [5, 5.41) is 8.34. The summed E-state index contributed by atoms with van der Waals surface area (Å²) in [6.07, 6.45) is 2.37. The van der Waals surface area contributed by atoms with Gasteiger partial charge in [0.05, 0.1) is 5.69 Å². The monoisotopic (exact) mass is 358 g/mol. The lowest BCUT2D eigenvalue weighted by atomic mass is 10.3. The average Bonchev–Trinajstić information content (AvgIpc) is 3.15. The van der Waals surface area contributed by atoms with Crippen LogP contribution in [0.4, 0.5) is 26.5 Å². The van der Waals surface area contributed by atoms with Crippen molar-refractivity contribution in [3.05, 3.63) is 42.0 Å². The van der Waals surface area contributed by atoms with Crippen molar-refractivity contribution in [2.75, 3.05) is 41.7 Å². The third-order valence-electron chi connectivity index (χ3n) is 4.09. The fraction of sp³-hybridized carbons (Fsp3) is 0.389. The Bertz CT molecular complexity index is 763. The zero-order valence-electron chi connectivity index (χ0n) is 14.8. The predicted molar refractivity (Wildman–Crippen MR) is 100 cm³/mol. The third-order valence-corrected chi connectivity index (χ3v) is 4.09. The number of hydrogen-bond donors (Lipinski definition) is 3. The van der Waals surface area contributed by atoms with Crippen molar-refractivity contribution in [1.29, 1.82) is 0 Å². The van der Waals surface area contributed by atoms with E-state index in [2.05, 4.69) is 30.8 Å². The molecule has 2 aromatic rings. The van der Waals surface area contributed by atoms with Crippen LogP contribution in [0.3, 0.4) is 0 Å². The maximum Gasteiger partial charge on any atom is 0.319 e. The number of anilines is 3. The first-order valence-corrected chi connectivity index (χ1v) is 8.76. The van der Waals surface area contributed by atoms with Gasteiger partial charge in [0.25, 0.3) is 0 Å². The Balaban J connectivity index is 1.46. The topological polar surface area (TPSA) is 82.2 Å². The second kappa shape index (κ2) is 8.46. The molecular weight excluding hydrogens is 335 g/mol. The molecule has 8 heteroatoms. The molecule has 1 aromatic heterocycles. The minimum atomic E-state index is -0.466. The molecule has 138 valence electrons. The van der Waals surface area contributed by atoms with Gasteiger partial charge in [0, 0.05) is 32.2 Å². The molecule has 3 N–H and O–H groups in total. The van der Waals surface area contributed by atoms with Crippen molar-refractivity contribution in [2.24, 2.45) is 0 Å². The lowest BCUT2D eigenvalue weighted by Crippen LogP contribution is -2.33. The number of rotatable bonds is 6. The van der Waals surface area contributed by atoms with Gasteiger partial charge < -0.3 is 20.9 Å². The number of carbonyl (C=O) groups is 1. The minimum absolute atomic E-state index is 0.152. The van der Waals surface area contributed by atoms with Crippen molar-refractivity contribution in [2.45, 2.75) is 19.8 Å². The van der Waals surface area contributed by atoms with E-state index < -0.39 is 11.8 Å². The van der Waals surface area contributed by atoms with Crippen LogP contribution in [-0.2, 0) is 0 Å². The van der Waals surface area contributed by atoms with E-state index in [-0.39, 0.29) is 5.69 Å². The number of nitrogens with zero attached hydrogens (tertiary/aromatic N) is 3. The highest BCUT2D eigenvalue weighted by Crippen LogP contribution is 2.20. The molecule has 7 nitrogen and oxygen atoms in total. The highest BCUT2D eigenvalue weighted by Gasteiger charge is 2.15.